The van der Waals surface area contributed by atoms with Gasteiger partial charge >= 0.3 is 35.3 Å². The quantitative estimate of drug-likeness (QED) is 0.0155. The zero-order chi connectivity index (χ0) is 51.3. The minimum absolute atomic E-state index is 0. The van der Waals surface area contributed by atoms with Crippen LogP contribution in [-0.4, -0.2) is 114 Å². The lowest BCUT2D eigenvalue weighted by Gasteiger charge is -2.18. The molecule has 7 heterocycles. The summed E-state index contributed by atoms with van der Waals surface area (Å²) in [5.74, 6) is 0.814. The van der Waals surface area contributed by atoms with Gasteiger partial charge < -0.3 is 55.5 Å². The second kappa shape index (κ2) is 25.4. The Balaban J connectivity index is 0.000000198. The Bertz CT molecular complexity index is 3060. The number of carboxylic acid groups (broad SMARTS) is 2. The molecule has 4 saturated heterocycles. The molecule has 2 aromatic carbocycles. The maximum Gasteiger partial charge on any atom is 0.349 e. The maximum absolute atomic E-state index is 12.6. The lowest BCUT2D eigenvalue weighted by atomic mass is 10.0. The Kier molecular flexibility index (Phi) is 19.0. The summed E-state index contributed by atoms with van der Waals surface area (Å²) >= 11 is 3.57. The van der Waals surface area contributed by atoms with E-state index in [0.717, 1.165) is 24.3 Å². The molecule has 0 saturated carbocycles. The Hall–Kier alpha value is -7.94. The van der Waals surface area contributed by atoms with Gasteiger partial charge in [0.2, 0.25) is 0 Å². The summed E-state index contributed by atoms with van der Waals surface area (Å²) in [6.45, 7) is 0.101. The second-order valence-electron chi connectivity index (χ2n) is 16.9. The number of terminal acetylenes is 1. The normalized spacial score (nSPS) is 20.7. The minimum Gasteiger partial charge on any atom is -0.481 e. The number of urea groups is 2. The first kappa shape index (κ1) is 54.4. The van der Waals surface area contributed by atoms with E-state index >= 15 is 0 Å². The third-order valence-corrected chi connectivity index (χ3v) is 15.2. The van der Waals surface area contributed by atoms with Crippen molar-refractivity contribution in [2.75, 3.05) is 18.1 Å². The number of hydrogen-bond acceptors (Lipinski definition) is 14. The minimum atomic E-state index is -1.09. The molecular formula is C48H53N11O12S2. The summed E-state index contributed by atoms with van der Waals surface area (Å²) in [4.78, 5) is 100. The molecular weight excluding hydrogens is 987 g/mol. The number of carbonyl (C=O) groups excluding carboxylic acids is 4. The van der Waals surface area contributed by atoms with Crippen LogP contribution < -0.4 is 43.2 Å². The van der Waals surface area contributed by atoms with Crippen molar-refractivity contribution in [1.82, 2.24) is 41.5 Å². The largest absolute Gasteiger partial charge is 0.481 e. The van der Waals surface area contributed by atoms with Crippen LogP contribution in [0.15, 0.2) is 96.7 Å². The van der Waals surface area contributed by atoms with Crippen LogP contribution in [0.2, 0.25) is 0 Å². The average molecular weight is 1040 g/mol. The van der Waals surface area contributed by atoms with Crippen molar-refractivity contribution in [1.29, 1.82) is 0 Å². The van der Waals surface area contributed by atoms with Gasteiger partial charge in [-0.1, -0.05) is 61.3 Å². The van der Waals surface area contributed by atoms with Crippen molar-refractivity contribution in [3.63, 3.8) is 0 Å². The molecule has 23 nitrogen and oxygen atoms in total. The molecule has 4 aliphatic heterocycles. The van der Waals surface area contributed by atoms with E-state index in [1.165, 1.54) is 23.0 Å². The fraction of sp³-hybridized carbons (Fsp3) is 0.396. The number of amides is 6. The van der Waals surface area contributed by atoms with Gasteiger partial charge in [-0.2, -0.15) is 23.5 Å². The molecule has 73 heavy (non-hydrogen) atoms. The fourth-order valence-electron chi connectivity index (χ4n) is 8.58. The second-order valence-corrected chi connectivity index (χ2v) is 19.4. The van der Waals surface area contributed by atoms with E-state index in [-0.39, 0.29) is 73.1 Å². The Morgan fingerprint density at radius 2 is 1.33 bits per heavy atom. The third kappa shape index (κ3) is 13.9. The van der Waals surface area contributed by atoms with Crippen LogP contribution >= 0.6 is 23.5 Å². The standard InChI is InChI=1S/C24H25N5O6S.C13H9NO3.C10H15N5O3S.CH4/c30-21(15-8-13-4-1-2-6-18(13)35-23(15)33)25-9-14-10-29(12-26-14)17(22(31)32)5-3-7-19-20-16(11-36-19)27-24(34)28-20;1-2-7-14-12(15)10-8-9-5-3-4-6-11(9)17-13(10)16;11-15-14-5(9(16)17)2-1-3-7-8-6(4-19-7)12-10(18)13-8;/h1-2,4,6,8,10,12,16-17,19-20H,3,5,7,9,11H2,(H,25,30)(H,31,32)(H2,27,28,34);1,3-6,8H,7H2,(H,14,15);5-8H,1-4H2,(H,16,17)(H2,12,13,18);1H4/t16-,17?,19?,20-;;5?,6-,7?,8-;/m0.0./s1. The van der Waals surface area contributed by atoms with Gasteiger partial charge in [-0.25, -0.2) is 29.0 Å². The number of rotatable bonds is 17. The van der Waals surface area contributed by atoms with Crippen molar-refractivity contribution >= 4 is 81.3 Å². The van der Waals surface area contributed by atoms with E-state index in [1.807, 2.05) is 0 Å². The van der Waals surface area contributed by atoms with Gasteiger partial charge in [0, 0.05) is 43.9 Å². The Labute approximate surface area is 425 Å². The highest BCUT2D eigenvalue weighted by atomic mass is 32.2. The fourth-order valence-corrected chi connectivity index (χ4v) is 11.7. The molecule has 25 heteroatoms. The number of azide groups is 1. The molecule has 0 aliphatic carbocycles. The van der Waals surface area contributed by atoms with E-state index < -0.39 is 47.1 Å². The number of nitrogens with one attached hydrogen (secondary N) is 6. The molecule has 9 rings (SSSR count). The third-order valence-electron chi connectivity index (χ3n) is 12.1. The maximum atomic E-state index is 12.6. The van der Waals surface area contributed by atoms with E-state index in [0.29, 0.717) is 58.6 Å². The molecule has 6 amide bonds. The number of hydrogen-bond donors (Lipinski definition) is 8. The number of imidazole rings is 1. The van der Waals surface area contributed by atoms with E-state index in [4.69, 9.17) is 25.9 Å². The van der Waals surface area contributed by atoms with Crippen LogP contribution in [-0.2, 0) is 16.1 Å². The number of carbonyl (C=O) groups is 6. The summed E-state index contributed by atoms with van der Waals surface area (Å²) < 4.78 is 11.8. The summed E-state index contributed by atoms with van der Waals surface area (Å²) in [5, 5.41) is 40.4. The lowest BCUT2D eigenvalue weighted by molar-refractivity contribution is -0.141. The lowest BCUT2D eigenvalue weighted by Crippen LogP contribution is -2.36. The van der Waals surface area contributed by atoms with Gasteiger partial charge in [-0.05, 0) is 61.9 Å². The SMILES string of the molecule is C.C#CCNC(=O)c1cc2ccccc2oc1=O.O=C1N[C@H]2CSC(CCCC(C(=O)O)n3cnc(CNC(=O)c4cc5ccccc5oc4=O)c3)[C@H]2N1.[N-]=[N+]=NC(CCCC1SC[C@@H]2NC(=O)N[C@H]12)C(=O)O. The summed E-state index contributed by atoms with van der Waals surface area (Å²) in [5.41, 5.74) is 8.04. The van der Waals surface area contributed by atoms with Crippen LogP contribution in [0.5, 0.6) is 0 Å². The predicted molar refractivity (Wildman–Crippen MR) is 272 cm³/mol. The van der Waals surface area contributed by atoms with Gasteiger partial charge in [0.05, 0.1) is 49.3 Å². The molecule has 8 N–H and O–H groups in total. The number of nitrogens with zero attached hydrogens (tertiary/aromatic N) is 5. The monoisotopic (exact) mass is 1040 g/mol. The van der Waals surface area contributed by atoms with Crippen molar-refractivity contribution < 1.29 is 47.8 Å². The first-order valence-electron chi connectivity index (χ1n) is 22.7. The first-order chi connectivity index (χ1) is 34.7. The van der Waals surface area contributed by atoms with Gasteiger partial charge in [0.1, 0.15) is 34.4 Å². The zero-order valence-electron chi connectivity index (χ0n) is 38.2. The molecule has 384 valence electrons. The highest BCUT2D eigenvalue weighted by Crippen LogP contribution is 2.35. The molecule has 0 radical (unpaired) electrons. The number of thioether (sulfide) groups is 2. The topological polar surface area (TPSA) is 342 Å². The van der Waals surface area contributed by atoms with Crippen LogP contribution in [0, 0.1) is 12.3 Å². The number of fused-ring (bicyclic) bond motifs is 4. The Morgan fingerprint density at radius 3 is 1.84 bits per heavy atom. The molecule has 4 unspecified atom stereocenters. The predicted octanol–water partition coefficient (Wildman–Crippen LogP) is 4.76. The highest BCUT2D eigenvalue weighted by Gasteiger charge is 2.44. The van der Waals surface area contributed by atoms with Crippen LogP contribution in [0.3, 0.4) is 0 Å². The molecule has 4 fully saturated rings. The average Bonchev–Trinajstić information content (AvgIpc) is 4.21. The first-order valence-corrected chi connectivity index (χ1v) is 24.8. The van der Waals surface area contributed by atoms with E-state index in [1.54, 1.807) is 78.3 Å². The van der Waals surface area contributed by atoms with Crippen molar-refractivity contribution in [2.45, 2.75) is 99.2 Å². The summed E-state index contributed by atoms with van der Waals surface area (Å²) in [6.07, 6.45) is 11.7. The van der Waals surface area contributed by atoms with Gasteiger partial charge in [-0.15, -0.1) is 6.42 Å². The number of aromatic nitrogens is 2. The van der Waals surface area contributed by atoms with Crippen molar-refractivity contribution in [2.24, 2.45) is 5.11 Å². The molecule has 3 aromatic heterocycles. The summed E-state index contributed by atoms with van der Waals surface area (Å²) in [6, 6.07) is 15.3. The van der Waals surface area contributed by atoms with Crippen molar-refractivity contribution in [3.05, 3.63) is 121 Å². The van der Waals surface area contributed by atoms with Crippen LogP contribution in [0.25, 0.3) is 32.4 Å². The molecule has 4 aliphatic rings. The van der Waals surface area contributed by atoms with Crippen molar-refractivity contribution in [3.8, 4) is 12.3 Å². The van der Waals surface area contributed by atoms with Crippen LogP contribution in [0.4, 0.5) is 9.59 Å². The van der Waals surface area contributed by atoms with Crippen LogP contribution in [0.1, 0.15) is 78.4 Å². The van der Waals surface area contributed by atoms with Gasteiger partial charge in [0.15, 0.2) is 0 Å². The van der Waals surface area contributed by atoms with Gasteiger partial charge in [0.25, 0.3) is 11.8 Å². The number of para-hydroxylation sites is 2. The number of aliphatic carboxylic acids is 2. The van der Waals surface area contributed by atoms with E-state index in [2.05, 4.69) is 52.8 Å². The van der Waals surface area contributed by atoms with E-state index in [9.17, 15) is 43.5 Å². The molecule has 5 aromatic rings. The number of benzene rings is 2. The molecule has 0 spiro atoms. The number of carboxylic acids is 2. The molecule has 8 atom stereocenters. The smallest absolute Gasteiger partial charge is 0.349 e. The Morgan fingerprint density at radius 1 is 0.808 bits per heavy atom. The highest BCUT2D eigenvalue weighted by molar-refractivity contribution is 8.00. The zero-order valence-corrected chi connectivity index (χ0v) is 39.9. The summed E-state index contributed by atoms with van der Waals surface area (Å²) in [7, 11) is 0. The molecule has 0 bridgehead atoms. The van der Waals surface area contributed by atoms with Gasteiger partial charge in [-0.3, -0.25) is 14.4 Å².